The quantitative estimate of drug-likeness (QED) is 0.697. The lowest BCUT2D eigenvalue weighted by molar-refractivity contribution is -0.885. The number of nitrogens with one attached hydrogen (secondary N) is 2. The number of hydrogen-bond donors (Lipinski definition) is 2. The van der Waals surface area contributed by atoms with E-state index in [-0.39, 0.29) is 11.9 Å². The summed E-state index contributed by atoms with van der Waals surface area (Å²) in [5.74, 6) is 0.00558. The minimum atomic E-state index is -0.114. The first kappa shape index (κ1) is 17.9. The van der Waals surface area contributed by atoms with Gasteiger partial charge in [-0.05, 0) is 30.7 Å². The van der Waals surface area contributed by atoms with E-state index >= 15 is 0 Å². The predicted molar refractivity (Wildman–Crippen MR) is 103 cm³/mol. The Balaban J connectivity index is 1.56. The minimum Gasteiger partial charge on any atom is -0.345 e. The van der Waals surface area contributed by atoms with Crippen LogP contribution >= 0.6 is 22.9 Å². The fourth-order valence-electron chi connectivity index (χ4n) is 2.79. The molecule has 2 atom stereocenters. The molecule has 0 radical (unpaired) electrons. The van der Waals surface area contributed by atoms with E-state index in [1.807, 2.05) is 56.4 Å². The molecule has 0 aliphatic rings. The van der Waals surface area contributed by atoms with Gasteiger partial charge in [0, 0.05) is 5.02 Å². The van der Waals surface area contributed by atoms with Crippen LogP contribution in [0.5, 0.6) is 0 Å². The van der Waals surface area contributed by atoms with Crippen molar-refractivity contribution < 1.29 is 9.69 Å². The summed E-state index contributed by atoms with van der Waals surface area (Å²) in [6, 6.07) is 15.6. The number of fused-ring (bicyclic) bond motifs is 1. The summed E-state index contributed by atoms with van der Waals surface area (Å²) in [5, 5.41) is 4.74. The molecule has 2 N–H and O–H groups in total. The van der Waals surface area contributed by atoms with Crippen LogP contribution in [0.1, 0.15) is 23.5 Å². The van der Waals surface area contributed by atoms with E-state index < -0.39 is 0 Å². The third kappa shape index (κ3) is 4.57. The topological polar surface area (TPSA) is 46.4 Å². The van der Waals surface area contributed by atoms with Crippen LogP contribution in [0, 0.1) is 0 Å². The van der Waals surface area contributed by atoms with Gasteiger partial charge in [-0.15, -0.1) is 11.3 Å². The van der Waals surface area contributed by atoms with Crippen LogP contribution in [0.2, 0.25) is 5.02 Å². The number of carbonyl (C=O) groups excluding carboxylic acids is 1. The molecule has 0 saturated carbocycles. The molecule has 130 valence electrons. The predicted octanol–water partition coefficient (Wildman–Crippen LogP) is 2.84. The number of amides is 1. The monoisotopic (exact) mass is 374 g/mol. The number of para-hydroxylation sites is 1. The van der Waals surface area contributed by atoms with Crippen molar-refractivity contribution in [3.8, 4) is 0 Å². The average molecular weight is 375 g/mol. The van der Waals surface area contributed by atoms with Crippen molar-refractivity contribution in [3.63, 3.8) is 0 Å². The number of carbonyl (C=O) groups is 1. The Morgan fingerprint density at radius 2 is 1.96 bits per heavy atom. The van der Waals surface area contributed by atoms with Crippen LogP contribution in [0.15, 0.2) is 48.5 Å². The maximum absolute atomic E-state index is 12.3. The summed E-state index contributed by atoms with van der Waals surface area (Å²) in [4.78, 5) is 18.0. The van der Waals surface area contributed by atoms with Gasteiger partial charge in [0.05, 0.1) is 23.3 Å². The van der Waals surface area contributed by atoms with E-state index in [2.05, 4.69) is 16.4 Å². The lowest BCUT2D eigenvalue weighted by atomic mass is 10.1. The van der Waals surface area contributed by atoms with E-state index in [0.29, 0.717) is 11.6 Å². The molecule has 0 saturated heterocycles. The molecule has 0 spiro atoms. The van der Waals surface area contributed by atoms with Gasteiger partial charge in [0.15, 0.2) is 6.54 Å². The van der Waals surface area contributed by atoms with Crippen molar-refractivity contribution in [2.75, 3.05) is 13.6 Å². The number of thiazole rings is 1. The van der Waals surface area contributed by atoms with Crippen molar-refractivity contribution in [1.29, 1.82) is 0 Å². The zero-order valence-electron chi connectivity index (χ0n) is 14.3. The molecule has 25 heavy (non-hydrogen) atoms. The number of likely N-dealkylation sites (N-methyl/N-ethyl adjacent to an activating group) is 1. The highest BCUT2D eigenvalue weighted by Crippen LogP contribution is 2.22. The first-order chi connectivity index (χ1) is 12.0. The van der Waals surface area contributed by atoms with Gasteiger partial charge in [0.2, 0.25) is 0 Å². The summed E-state index contributed by atoms with van der Waals surface area (Å²) in [7, 11) is 2.01. The molecule has 3 aromatic rings. The van der Waals surface area contributed by atoms with Crippen molar-refractivity contribution in [1.82, 2.24) is 10.3 Å². The molecule has 1 unspecified atom stereocenters. The first-order valence-electron chi connectivity index (χ1n) is 8.22. The van der Waals surface area contributed by atoms with Gasteiger partial charge < -0.3 is 10.2 Å². The van der Waals surface area contributed by atoms with E-state index in [4.69, 9.17) is 11.6 Å². The van der Waals surface area contributed by atoms with E-state index in [1.54, 1.807) is 11.3 Å². The second kappa shape index (κ2) is 7.95. The second-order valence-electron chi connectivity index (χ2n) is 6.20. The number of hydrogen-bond acceptors (Lipinski definition) is 3. The molecule has 1 amide bonds. The van der Waals surface area contributed by atoms with Gasteiger partial charge in [-0.3, -0.25) is 4.79 Å². The molecule has 0 fully saturated rings. The molecule has 2 aromatic carbocycles. The smallest absolute Gasteiger partial charge is 0.275 e. The SMILES string of the molecule is C[C@H](NC(=O)C[NH+](C)Cc1nc2ccccc2s1)c1ccccc1Cl. The molecule has 0 bridgehead atoms. The van der Waals surface area contributed by atoms with Crippen LogP contribution in [0.3, 0.4) is 0 Å². The molecule has 1 heterocycles. The van der Waals surface area contributed by atoms with Crippen molar-refractivity contribution in [2.45, 2.75) is 19.5 Å². The molecule has 0 aliphatic heterocycles. The van der Waals surface area contributed by atoms with Crippen LogP contribution in [-0.2, 0) is 11.3 Å². The highest BCUT2D eigenvalue weighted by Gasteiger charge is 2.17. The lowest BCUT2D eigenvalue weighted by Crippen LogP contribution is -3.08. The Hall–Kier alpha value is -1.95. The summed E-state index contributed by atoms with van der Waals surface area (Å²) >= 11 is 7.88. The zero-order chi connectivity index (χ0) is 17.8. The van der Waals surface area contributed by atoms with Gasteiger partial charge in [-0.2, -0.15) is 0 Å². The Bertz CT molecular complexity index is 847. The number of benzene rings is 2. The maximum Gasteiger partial charge on any atom is 0.275 e. The second-order valence-corrected chi connectivity index (χ2v) is 7.72. The minimum absolute atomic E-state index is 0.00558. The molecule has 3 rings (SSSR count). The average Bonchev–Trinajstić information content (AvgIpc) is 2.96. The molecule has 1 aromatic heterocycles. The Labute approximate surface area is 156 Å². The Kier molecular flexibility index (Phi) is 5.68. The number of nitrogens with zero attached hydrogens (tertiary/aromatic N) is 1. The number of halogens is 1. The van der Waals surface area contributed by atoms with Gasteiger partial charge in [-0.25, -0.2) is 4.98 Å². The largest absolute Gasteiger partial charge is 0.345 e. The summed E-state index contributed by atoms with van der Waals surface area (Å²) in [6.45, 7) is 3.07. The van der Waals surface area contributed by atoms with Gasteiger partial charge in [0.1, 0.15) is 11.6 Å². The van der Waals surface area contributed by atoms with Crippen LogP contribution in [0.4, 0.5) is 0 Å². The highest BCUT2D eigenvalue weighted by atomic mass is 35.5. The third-order valence-electron chi connectivity index (χ3n) is 4.00. The van der Waals surface area contributed by atoms with Crippen LogP contribution in [-0.4, -0.2) is 24.5 Å². The molecule has 0 aliphatic carbocycles. The van der Waals surface area contributed by atoms with Crippen molar-refractivity contribution in [2.24, 2.45) is 0 Å². The van der Waals surface area contributed by atoms with Crippen LogP contribution in [0.25, 0.3) is 10.2 Å². The van der Waals surface area contributed by atoms with Gasteiger partial charge in [-0.1, -0.05) is 41.9 Å². The molecular weight excluding hydrogens is 354 g/mol. The summed E-state index contributed by atoms with van der Waals surface area (Å²) in [6.07, 6.45) is 0. The number of quaternary nitrogens is 1. The van der Waals surface area contributed by atoms with Crippen molar-refractivity contribution in [3.05, 3.63) is 64.1 Å². The van der Waals surface area contributed by atoms with E-state index in [9.17, 15) is 4.79 Å². The highest BCUT2D eigenvalue weighted by molar-refractivity contribution is 7.18. The first-order valence-corrected chi connectivity index (χ1v) is 9.42. The summed E-state index contributed by atoms with van der Waals surface area (Å²) in [5.41, 5.74) is 1.95. The Morgan fingerprint density at radius 1 is 1.24 bits per heavy atom. The maximum atomic E-state index is 12.3. The van der Waals surface area contributed by atoms with Crippen molar-refractivity contribution >= 4 is 39.1 Å². The fourth-order valence-corrected chi connectivity index (χ4v) is 4.17. The van der Waals surface area contributed by atoms with E-state index in [0.717, 1.165) is 27.5 Å². The normalized spacial score (nSPS) is 13.6. The van der Waals surface area contributed by atoms with Crippen LogP contribution < -0.4 is 10.2 Å². The molecule has 4 nitrogen and oxygen atoms in total. The third-order valence-corrected chi connectivity index (χ3v) is 5.38. The standard InChI is InChI=1S/C19H20ClN3OS/c1-13(14-7-3-4-8-15(14)20)21-18(24)11-23(2)12-19-22-16-9-5-6-10-17(16)25-19/h3-10,13H,11-12H2,1-2H3,(H,21,24)/p+1/t13-/m0/s1. The number of aromatic nitrogens is 1. The number of rotatable bonds is 6. The van der Waals surface area contributed by atoms with Gasteiger partial charge >= 0.3 is 0 Å². The molecule has 6 heteroatoms. The summed E-state index contributed by atoms with van der Waals surface area (Å²) < 4.78 is 1.18. The zero-order valence-corrected chi connectivity index (χ0v) is 15.8. The van der Waals surface area contributed by atoms with Gasteiger partial charge in [0.25, 0.3) is 5.91 Å². The molecular formula is C19H21ClN3OS+. The van der Waals surface area contributed by atoms with E-state index in [1.165, 1.54) is 4.70 Å². The fraction of sp³-hybridized carbons (Fsp3) is 0.263. The Morgan fingerprint density at radius 3 is 2.72 bits per heavy atom. The lowest BCUT2D eigenvalue weighted by Gasteiger charge is -2.17.